The van der Waals surface area contributed by atoms with Crippen molar-refractivity contribution in [3.8, 4) is 0 Å². The first-order chi connectivity index (χ1) is 10.6. The summed E-state index contributed by atoms with van der Waals surface area (Å²) in [6.45, 7) is 4.91. The third kappa shape index (κ3) is 3.13. The fraction of sp³-hybridized carbons (Fsp3) is 0.412. The molecule has 1 aromatic heterocycles. The highest BCUT2D eigenvalue weighted by molar-refractivity contribution is 6.00. The Hall–Kier alpha value is -2.30. The van der Waals surface area contributed by atoms with Gasteiger partial charge in [-0.15, -0.1) is 0 Å². The average Bonchev–Trinajstić information content (AvgIpc) is 2.91. The molecule has 2 heterocycles. The first-order valence-corrected chi connectivity index (χ1v) is 7.81. The molecule has 5 nitrogen and oxygen atoms in total. The maximum absolute atomic E-state index is 12.5. The van der Waals surface area contributed by atoms with Crippen molar-refractivity contribution in [2.24, 2.45) is 0 Å². The number of nitrogens with one attached hydrogen (secondary N) is 3. The summed E-state index contributed by atoms with van der Waals surface area (Å²) in [7, 11) is 0. The number of H-pyrrole nitrogens is 1. The lowest BCUT2D eigenvalue weighted by Gasteiger charge is -2.21. The zero-order valence-electron chi connectivity index (χ0n) is 13.1. The molecule has 0 bridgehead atoms. The number of carbonyl (C=O) groups excluding carboxylic acids is 1. The summed E-state index contributed by atoms with van der Waals surface area (Å²) in [6.07, 6.45) is 2.87. The van der Waals surface area contributed by atoms with Crippen LogP contribution in [0.1, 0.15) is 40.7 Å². The molecule has 3 N–H and O–H groups in total. The van der Waals surface area contributed by atoms with Gasteiger partial charge in [0.2, 0.25) is 0 Å². The van der Waals surface area contributed by atoms with Gasteiger partial charge in [0, 0.05) is 24.7 Å². The Bertz CT molecular complexity index is 677. The van der Waals surface area contributed by atoms with Crippen LogP contribution in [0.15, 0.2) is 24.3 Å². The Kier molecular flexibility index (Phi) is 4.13. The van der Waals surface area contributed by atoms with Crippen LogP contribution in [0, 0.1) is 6.92 Å². The van der Waals surface area contributed by atoms with Gasteiger partial charge in [0.05, 0.1) is 16.9 Å². The number of fused-ring (bicyclic) bond motifs is 1. The Morgan fingerprint density at radius 3 is 3.09 bits per heavy atom. The largest absolute Gasteiger partial charge is 0.384 e. The quantitative estimate of drug-likeness (QED) is 0.812. The summed E-state index contributed by atoms with van der Waals surface area (Å²) in [5.74, 6) is -0.0222. The van der Waals surface area contributed by atoms with Crippen molar-refractivity contribution < 1.29 is 4.79 Å². The molecule has 0 saturated heterocycles. The van der Waals surface area contributed by atoms with Crippen molar-refractivity contribution in [1.29, 1.82) is 0 Å². The van der Waals surface area contributed by atoms with Crippen molar-refractivity contribution >= 4 is 11.6 Å². The molecule has 5 heteroatoms. The minimum atomic E-state index is -0.0222. The van der Waals surface area contributed by atoms with E-state index in [2.05, 4.69) is 26.9 Å². The molecule has 0 radical (unpaired) electrons. The summed E-state index contributed by atoms with van der Waals surface area (Å²) in [5.41, 5.74) is 4.97. The van der Waals surface area contributed by atoms with E-state index >= 15 is 0 Å². The molecule has 1 amide bonds. The van der Waals surface area contributed by atoms with Gasteiger partial charge in [-0.3, -0.25) is 9.89 Å². The number of benzene rings is 1. The number of aromatic nitrogens is 2. The van der Waals surface area contributed by atoms with Crippen molar-refractivity contribution in [1.82, 2.24) is 15.5 Å². The molecule has 0 saturated carbocycles. The molecule has 0 aliphatic carbocycles. The van der Waals surface area contributed by atoms with Crippen LogP contribution in [-0.2, 0) is 12.8 Å². The van der Waals surface area contributed by atoms with Crippen LogP contribution in [0.25, 0.3) is 0 Å². The molecule has 1 atom stereocenters. The highest BCUT2D eigenvalue weighted by Crippen LogP contribution is 2.26. The Labute approximate surface area is 130 Å². The van der Waals surface area contributed by atoms with E-state index in [1.807, 2.05) is 32.0 Å². The van der Waals surface area contributed by atoms with Crippen molar-refractivity contribution in [2.45, 2.75) is 39.2 Å². The number of hydrogen-bond donors (Lipinski definition) is 3. The molecule has 2 aromatic rings. The molecule has 1 aromatic carbocycles. The van der Waals surface area contributed by atoms with Crippen LogP contribution >= 0.6 is 0 Å². The third-order valence-corrected chi connectivity index (χ3v) is 3.97. The van der Waals surface area contributed by atoms with Gasteiger partial charge in [-0.25, -0.2) is 0 Å². The van der Waals surface area contributed by atoms with Crippen molar-refractivity contribution in [2.75, 3.05) is 11.9 Å². The molecule has 0 unspecified atom stereocenters. The highest BCUT2D eigenvalue weighted by atomic mass is 16.1. The Balaban J connectivity index is 1.69. The number of hydrogen-bond acceptors (Lipinski definition) is 3. The Morgan fingerprint density at radius 1 is 1.45 bits per heavy atom. The van der Waals surface area contributed by atoms with E-state index in [4.69, 9.17) is 0 Å². The van der Waals surface area contributed by atoms with Crippen molar-refractivity contribution in [3.05, 3.63) is 46.8 Å². The molecule has 0 spiro atoms. The smallest absolute Gasteiger partial charge is 0.253 e. The lowest BCUT2D eigenvalue weighted by Crippen LogP contribution is -2.35. The maximum Gasteiger partial charge on any atom is 0.253 e. The molecular formula is C17H22N4O. The van der Waals surface area contributed by atoms with Crippen LogP contribution in [-0.4, -0.2) is 28.7 Å². The minimum absolute atomic E-state index is 0.0222. The normalized spacial score (nSPS) is 14.8. The maximum atomic E-state index is 12.5. The van der Waals surface area contributed by atoms with Gasteiger partial charge in [0.25, 0.3) is 5.91 Å². The van der Waals surface area contributed by atoms with Crippen LogP contribution < -0.4 is 10.6 Å². The second-order valence-corrected chi connectivity index (χ2v) is 5.99. The van der Waals surface area contributed by atoms with E-state index in [9.17, 15) is 4.79 Å². The third-order valence-electron chi connectivity index (χ3n) is 3.97. The second kappa shape index (κ2) is 6.22. The van der Waals surface area contributed by atoms with Crippen LogP contribution in [0.4, 0.5) is 5.69 Å². The number of aryl methyl sites for hydroxylation is 2. The van der Waals surface area contributed by atoms with E-state index in [1.165, 1.54) is 5.56 Å². The second-order valence-electron chi connectivity index (χ2n) is 5.99. The number of anilines is 1. The molecule has 1 aliphatic heterocycles. The van der Waals surface area contributed by atoms with E-state index in [0.717, 1.165) is 48.4 Å². The highest BCUT2D eigenvalue weighted by Gasteiger charge is 2.18. The van der Waals surface area contributed by atoms with Gasteiger partial charge < -0.3 is 10.6 Å². The standard InChI is InChI=1S/C17H22N4O/c1-11(9-14-10-12(2)20-21-14)19-17(22)15-7-3-5-13-6-4-8-18-16(13)15/h3,5,7,10-11,18H,4,6,8-9H2,1-2H3,(H,19,22)(H,20,21)/t11-/m1/s1. The van der Waals surface area contributed by atoms with Gasteiger partial charge in [-0.1, -0.05) is 12.1 Å². The van der Waals surface area contributed by atoms with E-state index in [-0.39, 0.29) is 11.9 Å². The molecular weight excluding hydrogens is 276 g/mol. The molecule has 22 heavy (non-hydrogen) atoms. The van der Waals surface area contributed by atoms with Gasteiger partial charge in [-0.2, -0.15) is 5.10 Å². The summed E-state index contributed by atoms with van der Waals surface area (Å²) < 4.78 is 0. The zero-order chi connectivity index (χ0) is 15.5. The van der Waals surface area contributed by atoms with Crippen LogP contribution in [0.5, 0.6) is 0 Å². The van der Waals surface area contributed by atoms with Crippen molar-refractivity contribution in [3.63, 3.8) is 0 Å². The topological polar surface area (TPSA) is 69.8 Å². The summed E-state index contributed by atoms with van der Waals surface area (Å²) in [4.78, 5) is 12.5. The first kappa shape index (κ1) is 14.6. The summed E-state index contributed by atoms with van der Waals surface area (Å²) >= 11 is 0. The van der Waals surface area contributed by atoms with E-state index in [0.29, 0.717) is 0 Å². The van der Waals surface area contributed by atoms with E-state index < -0.39 is 0 Å². The monoisotopic (exact) mass is 298 g/mol. The summed E-state index contributed by atoms with van der Waals surface area (Å²) in [5, 5.41) is 13.6. The lowest BCUT2D eigenvalue weighted by atomic mass is 9.99. The fourth-order valence-electron chi connectivity index (χ4n) is 2.94. The molecule has 1 aliphatic rings. The molecule has 3 rings (SSSR count). The number of aromatic amines is 1. The SMILES string of the molecule is Cc1cc(C[C@@H](C)NC(=O)c2cccc3c2NCCC3)n[nH]1. The van der Waals surface area contributed by atoms with E-state index in [1.54, 1.807) is 0 Å². The lowest BCUT2D eigenvalue weighted by molar-refractivity contribution is 0.0940. The zero-order valence-corrected chi connectivity index (χ0v) is 13.1. The number of rotatable bonds is 4. The molecule has 116 valence electrons. The van der Waals surface area contributed by atoms with Gasteiger partial charge in [0.15, 0.2) is 0 Å². The van der Waals surface area contributed by atoms with Gasteiger partial charge in [0.1, 0.15) is 0 Å². The van der Waals surface area contributed by atoms with Gasteiger partial charge >= 0.3 is 0 Å². The number of para-hydroxylation sites is 1. The number of nitrogens with zero attached hydrogens (tertiary/aromatic N) is 1. The van der Waals surface area contributed by atoms with Gasteiger partial charge in [-0.05, 0) is 44.4 Å². The number of carbonyl (C=O) groups is 1. The fourth-order valence-corrected chi connectivity index (χ4v) is 2.94. The first-order valence-electron chi connectivity index (χ1n) is 7.81. The summed E-state index contributed by atoms with van der Waals surface area (Å²) in [6, 6.07) is 7.98. The minimum Gasteiger partial charge on any atom is -0.384 e. The Morgan fingerprint density at radius 2 is 2.32 bits per heavy atom. The predicted molar refractivity (Wildman–Crippen MR) is 87.2 cm³/mol. The van der Waals surface area contributed by atoms with Crippen LogP contribution in [0.2, 0.25) is 0 Å². The number of amides is 1. The van der Waals surface area contributed by atoms with Crippen LogP contribution in [0.3, 0.4) is 0 Å². The molecule has 0 fully saturated rings. The predicted octanol–water partition coefficient (Wildman–Crippen LogP) is 2.44. The average molecular weight is 298 g/mol.